The Morgan fingerprint density at radius 1 is 1.13 bits per heavy atom. The lowest BCUT2D eigenvalue weighted by Gasteiger charge is -2.26. The first-order chi connectivity index (χ1) is 14.7. The Morgan fingerprint density at radius 2 is 1.87 bits per heavy atom. The molecule has 2 aromatic carbocycles. The summed E-state index contributed by atoms with van der Waals surface area (Å²) in [6.07, 6.45) is 0. The van der Waals surface area contributed by atoms with Gasteiger partial charge in [0.1, 0.15) is 5.82 Å². The largest absolute Gasteiger partial charge is 0.383 e. The number of ether oxygens (including phenoxy) is 1. The number of amides is 3. The maximum Gasteiger partial charge on any atom is 0.319 e. The number of nitrogens with one attached hydrogen (secondary N) is 2. The van der Waals surface area contributed by atoms with Gasteiger partial charge in [-0.15, -0.1) is 0 Å². The van der Waals surface area contributed by atoms with Gasteiger partial charge in [0.05, 0.1) is 6.61 Å². The third-order valence-corrected chi connectivity index (χ3v) is 4.52. The van der Waals surface area contributed by atoms with Crippen molar-refractivity contribution in [1.29, 1.82) is 0 Å². The molecule has 0 heterocycles. The zero-order chi connectivity index (χ0) is 23.0. The van der Waals surface area contributed by atoms with Crippen molar-refractivity contribution in [1.82, 2.24) is 10.2 Å². The minimum Gasteiger partial charge on any atom is -0.383 e. The molecule has 0 saturated carbocycles. The predicted molar refractivity (Wildman–Crippen MR) is 121 cm³/mol. The minimum absolute atomic E-state index is 0.00828. The summed E-state index contributed by atoms with van der Waals surface area (Å²) in [5.74, 6) is -0.758. The van der Waals surface area contributed by atoms with E-state index in [1.54, 1.807) is 18.1 Å². The van der Waals surface area contributed by atoms with Crippen LogP contribution in [-0.2, 0) is 11.3 Å². The molecule has 3 amide bonds. The average molecular weight is 431 g/mol. The highest BCUT2D eigenvalue weighted by atomic mass is 19.1. The van der Waals surface area contributed by atoms with Crippen LogP contribution in [0.5, 0.6) is 0 Å². The third-order valence-electron chi connectivity index (χ3n) is 4.52. The Bertz CT molecular complexity index is 902. The topological polar surface area (TPSA) is 73.9 Å². The van der Waals surface area contributed by atoms with Crippen LogP contribution in [0.4, 0.5) is 20.6 Å². The van der Waals surface area contributed by atoms with Crippen molar-refractivity contribution in [3.05, 3.63) is 59.4 Å². The molecule has 0 aromatic heterocycles. The SMILES string of the molecule is COCCN(Cc1cc(NC(=O)NC(C)C)ccc1N(C)C)C(=O)c1cccc(F)c1. The van der Waals surface area contributed by atoms with E-state index in [0.717, 1.165) is 11.3 Å². The molecule has 0 bridgehead atoms. The van der Waals surface area contributed by atoms with E-state index in [1.165, 1.54) is 18.2 Å². The predicted octanol–water partition coefficient (Wildman–Crippen LogP) is 3.71. The Morgan fingerprint density at radius 3 is 2.48 bits per heavy atom. The number of carbonyl (C=O) groups is 2. The molecule has 0 atom stereocenters. The molecule has 0 fully saturated rings. The molecular formula is C23H31FN4O3. The molecule has 0 aliphatic carbocycles. The summed E-state index contributed by atoms with van der Waals surface area (Å²) in [6, 6.07) is 10.9. The molecular weight excluding hydrogens is 399 g/mol. The van der Waals surface area contributed by atoms with Crippen LogP contribution in [-0.4, -0.2) is 57.2 Å². The van der Waals surface area contributed by atoms with Gasteiger partial charge in [0.2, 0.25) is 0 Å². The highest BCUT2D eigenvalue weighted by Crippen LogP contribution is 2.25. The molecule has 0 aliphatic heterocycles. The summed E-state index contributed by atoms with van der Waals surface area (Å²) in [6.45, 7) is 4.71. The fourth-order valence-corrected chi connectivity index (χ4v) is 3.12. The van der Waals surface area contributed by atoms with Crippen LogP contribution in [0.3, 0.4) is 0 Å². The molecule has 2 N–H and O–H groups in total. The van der Waals surface area contributed by atoms with Crippen LogP contribution in [0.1, 0.15) is 29.8 Å². The van der Waals surface area contributed by atoms with E-state index in [2.05, 4.69) is 10.6 Å². The van der Waals surface area contributed by atoms with Crippen molar-refractivity contribution in [3.8, 4) is 0 Å². The van der Waals surface area contributed by atoms with Gasteiger partial charge in [-0.2, -0.15) is 0 Å². The monoisotopic (exact) mass is 430 g/mol. The molecule has 0 aliphatic rings. The average Bonchev–Trinajstić information content (AvgIpc) is 2.69. The lowest BCUT2D eigenvalue weighted by atomic mass is 10.1. The Balaban J connectivity index is 2.33. The minimum atomic E-state index is -0.464. The van der Waals surface area contributed by atoms with Gasteiger partial charge in [-0.1, -0.05) is 6.07 Å². The highest BCUT2D eigenvalue weighted by Gasteiger charge is 2.19. The second-order valence-electron chi connectivity index (χ2n) is 7.72. The summed E-state index contributed by atoms with van der Waals surface area (Å²) >= 11 is 0. The first-order valence-corrected chi connectivity index (χ1v) is 10.1. The summed E-state index contributed by atoms with van der Waals surface area (Å²) in [4.78, 5) is 28.7. The first-order valence-electron chi connectivity index (χ1n) is 10.1. The quantitative estimate of drug-likeness (QED) is 0.636. The number of halogens is 1. The Hall–Kier alpha value is -3.13. The van der Waals surface area contributed by atoms with Crippen LogP contribution in [0.2, 0.25) is 0 Å². The number of carbonyl (C=O) groups excluding carboxylic acids is 2. The van der Waals surface area contributed by atoms with Gasteiger partial charge in [0.15, 0.2) is 0 Å². The summed E-state index contributed by atoms with van der Waals surface area (Å²) in [5, 5.41) is 5.60. The molecule has 0 saturated heterocycles. The van der Waals surface area contributed by atoms with Gasteiger partial charge < -0.3 is 25.2 Å². The fourth-order valence-electron chi connectivity index (χ4n) is 3.12. The van der Waals surface area contributed by atoms with Crippen molar-refractivity contribution in [3.63, 3.8) is 0 Å². The molecule has 0 spiro atoms. The van der Waals surface area contributed by atoms with Gasteiger partial charge in [-0.25, -0.2) is 9.18 Å². The molecule has 168 valence electrons. The first kappa shape index (κ1) is 24.1. The molecule has 0 unspecified atom stereocenters. The van der Waals surface area contributed by atoms with Crippen LogP contribution in [0.15, 0.2) is 42.5 Å². The van der Waals surface area contributed by atoms with E-state index in [1.807, 2.05) is 51.0 Å². The Kier molecular flexibility index (Phi) is 8.81. The van der Waals surface area contributed by atoms with Gasteiger partial charge in [0, 0.05) is 57.3 Å². The second-order valence-corrected chi connectivity index (χ2v) is 7.72. The summed E-state index contributed by atoms with van der Waals surface area (Å²) in [5.41, 5.74) is 2.63. The Labute approximate surface area is 183 Å². The standard InChI is InChI=1S/C23H31FN4O3/c1-16(2)25-23(30)26-20-9-10-21(27(3)4)18(14-20)15-28(11-12-31-5)22(29)17-7-6-8-19(24)13-17/h6-10,13-14,16H,11-12,15H2,1-5H3,(H2,25,26,30). The van der Waals surface area contributed by atoms with Crippen LogP contribution in [0.25, 0.3) is 0 Å². The van der Waals surface area contributed by atoms with Crippen LogP contribution in [0, 0.1) is 5.82 Å². The number of benzene rings is 2. The van der Waals surface area contributed by atoms with E-state index < -0.39 is 5.82 Å². The number of urea groups is 1. The number of hydrogen-bond acceptors (Lipinski definition) is 4. The number of nitrogens with zero attached hydrogens (tertiary/aromatic N) is 2. The van der Waals surface area contributed by atoms with Crippen molar-refractivity contribution >= 4 is 23.3 Å². The van der Waals surface area contributed by atoms with E-state index in [-0.39, 0.29) is 30.1 Å². The third kappa shape index (κ3) is 7.25. The molecule has 2 aromatic rings. The number of hydrogen-bond donors (Lipinski definition) is 2. The molecule has 7 nitrogen and oxygen atoms in total. The fraction of sp³-hybridized carbons (Fsp3) is 0.391. The zero-order valence-corrected chi connectivity index (χ0v) is 18.7. The smallest absolute Gasteiger partial charge is 0.319 e. The number of rotatable bonds is 9. The van der Waals surface area contributed by atoms with Crippen molar-refractivity contribution in [2.75, 3.05) is 44.6 Å². The highest BCUT2D eigenvalue weighted by molar-refractivity contribution is 5.94. The van der Waals surface area contributed by atoms with Gasteiger partial charge >= 0.3 is 6.03 Å². The zero-order valence-electron chi connectivity index (χ0n) is 18.7. The normalized spacial score (nSPS) is 10.7. The summed E-state index contributed by atoms with van der Waals surface area (Å²) < 4.78 is 18.8. The lowest BCUT2D eigenvalue weighted by Crippen LogP contribution is -2.35. The van der Waals surface area contributed by atoms with E-state index in [9.17, 15) is 14.0 Å². The lowest BCUT2D eigenvalue weighted by molar-refractivity contribution is 0.0680. The molecule has 31 heavy (non-hydrogen) atoms. The second kappa shape index (κ2) is 11.3. The summed E-state index contributed by atoms with van der Waals surface area (Å²) in [7, 11) is 5.38. The number of methoxy groups -OCH3 is 1. The van der Waals surface area contributed by atoms with Crippen molar-refractivity contribution in [2.45, 2.75) is 26.4 Å². The molecule has 0 radical (unpaired) electrons. The van der Waals surface area contributed by atoms with E-state index in [0.29, 0.717) is 18.8 Å². The van der Waals surface area contributed by atoms with Crippen molar-refractivity contribution < 1.29 is 18.7 Å². The maximum absolute atomic E-state index is 13.7. The molecule has 8 heteroatoms. The van der Waals surface area contributed by atoms with Crippen LogP contribution >= 0.6 is 0 Å². The van der Waals surface area contributed by atoms with E-state index in [4.69, 9.17) is 4.74 Å². The maximum atomic E-state index is 13.7. The van der Waals surface area contributed by atoms with E-state index >= 15 is 0 Å². The number of anilines is 2. The van der Waals surface area contributed by atoms with Gasteiger partial charge in [0.25, 0.3) is 5.91 Å². The van der Waals surface area contributed by atoms with Crippen LogP contribution < -0.4 is 15.5 Å². The van der Waals surface area contributed by atoms with Gasteiger partial charge in [-0.3, -0.25) is 4.79 Å². The van der Waals surface area contributed by atoms with Gasteiger partial charge in [-0.05, 0) is 55.8 Å². The molecule has 2 rings (SSSR count). The van der Waals surface area contributed by atoms with Crippen molar-refractivity contribution in [2.24, 2.45) is 0 Å².